The molecular weight excluding hydrogens is 345 g/mol. The number of hydrogen-bond donors (Lipinski definition) is 1. The monoisotopic (exact) mass is 359 g/mol. The van der Waals surface area contributed by atoms with Gasteiger partial charge in [0.25, 0.3) is 17.6 Å². The van der Waals surface area contributed by atoms with Gasteiger partial charge in [0.15, 0.2) is 0 Å². The van der Waals surface area contributed by atoms with Crippen molar-refractivity contribution in [2.45, 2.75) is 0 Å². The van der Waals surface area contributed by atoms with Gasteiger partial charge in [-0.25, -0.2) is 9.37 Å². The molecule has 2 heterocycles. The predicted octanol–water partition coefficient (Wildman–Crippen LogP) is 3.58. The number of carbonyl (C=O) groups is 1. The number of rotatable bonds is 4. The Bertz CT molecular complexity index is 1120. The van der Waals surface area contributed by atoms with Crippen LogP contribution in [0.4, 0.5) is 10.3 Å². The average molecular weight is 359 g/mol. The molecule has 4 rings (SSSR count). The van der Waals surface area contributed by atoms with E-state index in [1.54, 1.807) is 28.9 Å². The lowest BCUT2D eigenvalue weighted by Gasteiger charge is -2.02. The maximum Gasteiger partial charge on any atom is 0.254 e. The molecule has 0 aliphatic carbocycles. The molecule has 132 valence electrons. The maximum atomic E-state index is 12.9. The number of benzene rings is 2. The quantitative estimate of drug-likeness (QED) is 0.565. The maximum absolute atomic E-state index is 12.9. The van der Waals surface area contributed by atoms with E-state index in [2.05, 4.69) is 20.4 Å². The largest absolute Gasteiger partial charge is 0.290 e. The number of fused-ring (bicyclic) bond motifs is 1. The number of nitrogens with zero attached hydrogens (tertiary/aromatic N) is 4. The molecule has 0 atom stereocenters. The molecule has 4 aromatic rings. The summed E-state index contributed by atoms with van der Waals surface area (Å²) in [6, 6.07) is 17.4. The lowest BCUT2D eigenvalue weighted by molar-refractivity contribution is -0.111. The van der Waals surface area contributed by atoms with E-state index in [9.17, 15) is 9.18 Å². The van der Waals surface area contributed by atoms with Crippen LogP contribution in [0.2, 0.25) is 0 Å². The summed E-state index contributed by atoms with van der Waals surface area (Å²) in [6.45, 7) is 0. The van der Waals surface area contributed by atoms with Gasteiger partial charge < -0.3 is 0 Å². The Balaban J connectivity index is 1.56. The molecule has 0 radical (unpaired) electrons. The fraction of sp³-hybridized carbons (Fsp3) is 0. The summed E-state index contributed by atoms with van der Waals surface area (Å²) in [5.41, 5.74) is 2.49. The fourth-order valence-electron chi connectivity index (χ4n) is 2.57. The first-order chi connectivity index (χ1) is 13.2. The van der Waals surface area contributed by atoms with Gasteiger partial charge in [0.1, 0.15) is 5.82 Å². The molecule has 6 nitrogen and oxygen atoms in total. The van der Waals surface area contributed by atoms with Crippen molar-refractivity contribution < 1.29 is 9.18 Å². The third-order valence-electron chi connectivity index (χ3n) is 3.84. The van der Waals surface area contributed by atoms with Crippen molar-refractivity contribution in [3.05, 3.63) is 84.3 Å². The van der Waals surface area contributed by atoms with E-state index >= 15 is 0 Å². The minimum absolute atomic E-state index is 0.152. The van der Waals surface area contributed by atoms with E-state index in [0.717, 1.165) is 11.3 Å². The van der Waals surface area contributed by atoms with E-state index in [1.165, 1.54) is 18.2 Å². The van der Waals surface area contributed by atoms with Gasteiger partial charge in [-0.2, -0.15) is 9.50 Å². The number of anilines is 1. The first kappa shape index (κ1) is 16.6. The van der Waals surface area contributed by atoms with Crippen molar-refractivity contribution >= 4 is 23.7 Å². The Labute approximate surface area is 154 Å². The Kier molecular flexibility index (Phi) is 4.40. The molecule has 0 saturated carbocycles. The normalized spacial score (nSPS) is 11.1. The van der Waals surface area contributed by atoms with E-state index in [4.69, 9.17) is 0 Å². The second-order valence-electron chi connectivity index (χ2n) is 5.72. The van der Waals surface area contributed by atoms with Crippen LogP contribution in [0.15, 0.2) is 72.9 Å². The van der Waals surface area contributed by atoms with E-state index in [1.807, 2.05) is 36.4 Å². The van der Waals surface area contributed by atoms with Gasteiger partial charge in [0.2, 0.25) is 0 Å². The molecule has 0 saturated heterocycles. The van der Waals surface area contributed by atoms with Crippen LogP contribution in [0.3, 0.4) is 0 Å². The minimum Gasteiger partial charge on any atom is -0.290 e. The lowest BCUT2D eigenvalue weighted by Crippen LogP contribution is -2.09. The molecule has 0 unspecified atom stereocenters. The van der Waals surface area contributed by atoms with Crippen molar-refractivity contribution in [3.63, 3.8) is 0 Å². The molecule has 7 heteroatoms. The smallest absolute Gasteiger partial charge is 0.254 e. The molecule has 0 aliphatic heterocycles. The molecule has 0 fully saturated rings. The molecule has 27 heavy (non-hydrogen) atoms. The third kappa shape index (κ3) is 3.72. The van der Waals surface area contributed by atoms with Gasteiger partial charge in [0, 0.05) is 17.8 Å². The second kappa shape index (κ2) is 7.17. The highest BCUT2D eigenvalue weighted by Crippen LogP contribution is 2.19. The van der Waals surface area contributed by atoms with Crippen molar-refractivity contribution in [2.75, 3.05) is 5.32 Å². The van der Waals surface area contributed by atoms with E-state index in [-0.39, 0.29) is 11.8 Å². The fourth-order valence-corrected chi connectivity index (χ4v) is 2.57. The highest BCUT2D eigenvalue weighted by atomic mass is 19.1. The molecule has 2 aromatic heterocycles. The Hall–Kier alpha value is -3.87. The van der Waals surface area contributed by atoms with Gasteiger partial charge in [0.05, 0.1) is 5.69 Å². The lowest BCUT2D eigenvalue weighted by atomic mass is 10.1. The summed E-state index contributed by atoms with van der Waals surface area (Å²) in [5, 5.41) is 6.93. The molecule has 0 bridgehead atoms. The highest BCUT2D eigenvalue weighted by Gasteiger charge is 2.10. The first-order valence-electron chi connectivity index (χ1n) is 8.21. The number of nitrogens with one attached hydrogen (secondary N) is 1. The van der Waals surface area contributed by atoms with Crippen molar-refractivity contribution in [1.82, 2.24) is 19.6 Å². The molecular formula is C20H14FN5O. The Morgan fingerprint density at radius 2 is 1.81 bits per heavy atom. The van der Waals surface area contributed by atoms with Crippen LogP contribution in [-0.2, 0) is 4.79 Å². The highest BCUT2D eigenvalue weighted by molar-refractivity contribution is 6.01. The predicted molar refractivity (Wildman–Crippen MR) is 100 cm³/mol. The van der Waals surface area contributed by atoms with Crippen LogP contribution in [0, 0.1) is 5.82 Å². The van der Waals surface area contributed by atoms with Crippen LogP contribution in [-0.4, -0.2) is 25.5 Å². The number of hydrogen-bond acceptors (Lipinski definition) is 4. The zero-order chi connectivity index (χ0) is 18.6. The number of amides is 1. The van der Waals surface area contributed by atoms with Crippen LogP contribution >= 0.6 is 0 Å². The van der Waals surface area contributed by atoms with Gasteiger partial charge in [-0.05, 0) is 29.8 Å². The SMILES string of the molecule is O=C(/C=C/c1ccc(F)cc1)Nc1nc2nccc(-c3ccccc3)n2n1. The van der Waals surface area contributed by atoms with Gasteiger partial charge in [-0.15, -0.1) is 5.10 Å². The van der Waals surface area contributed by atoms with Gasteiger partial charge >= 0.3 is 0 Å². The third-order valence-corrected chi connectivity index (χ3v) is 3.84. The Morgan fingerprint density at radius 3 is 2.59 bits per heavy atom. The molecule has 1 N–H and O–H groups in total. The minimum atomic E-state index is -0.392. The van der Waals surface area contributed by atoms with Crippen LogP contribution in [0.5, 0.6) is 0 Å². The number of carbonyl (C=O) groups excluding carboxylic acids is 1. The summed E-state index contributed by atoms with van der Waals surface area (Å²) >= 11 is 0. The summed E-state index contributed by atoms with van der Waals surface area (Å²) in [5.74, 6) is -0.183. The van der Waals surface area contributed by atoms with Gasteiger partial charge in [-0.1, -0.05) is 42.5 Å². The molecule has 1 amide bonds. The standard InChI is InChI=1S/C20H14FN5O/c21-16-9-6-14(7-10-16)8-11-18(27)23-19-24-20-22-13-12-17(26(20)25-19)15-4-2-1-3-5-15/h1-13H,(H,23,25,27)/b11-8+. The topological polar surface area (TPSA) is 72.2 Å². The summed E-state index contributed by atoms with van der Waals surface area (Å²) in [6.07, 6.45) is 4.56. The summed E-state index contributed by atoms with van der Waals surface area (Å²) in [7, 11) is 0. The van der Waals surface area contributed by atoms with Crippen LogP contribution < -0.4 is 5.32 Å². The first-order valence-corrected chi connectivity index (χ1v) is 8.21. The number of aromatic nitrogens is 4. The Morgan fingerprint density at radius 1 is 1.04 bits per heavy atom. The zero-order valence-corrected chi connectivity index (χ0v) is 14.1. The average Bonchev–Trinajstić information content (AvgIpc) is 3.10. The van der Waals surface area contributed by atoms with Crippen LogP contribution in [0.25, 0.3) is 23.1 Å². The van der Waals surface area contributed by atoms with Crippen molar-refractivity contribution in [1.29, 1.82) is 0 Å². The van der Waals surface area contributed by atoms with Crippen LogP contribution in [0.1, 0.15) is 5.56 Å². The molecule has 0 aliphatic rings. The van der Waals surface area contributed by atoms with Crippen molar-refractivity contribution in [2.24, 2.45) is 0 Å². The molecule has 2 aromatic carbocycles. The molecule has 0 spiro atoms. The van der Waals surface area contributed by atoms with E-state index < -0.39 is 5.91 Å². The summed E-state index contributed by atoms with van der Waals surface area (Å²) in [4.78, 5) is 20.5. The van der Waals surface area contributed by atoms with E-state index in [0.29, 0.717) is 11.3 Å². The zero-order valence-electron chi connectivity index (χ0n) is 14.1. The summed E-state index contributed by atoms with van der Waals surface area (Å²) < 4.78 is 14.5. The van der Waals surface area contributed by atoms with Gasteiger partial charge in [-0.3, -0.25) is 10.1 Å². The second-order valence-corrected chi connectivity index (χ2v) is 5.72. The van der Waals surface area contributed by atoms with Crippen molar-refractivity contribution in [3.8, 4) is 11.3 Å². The number of halogens is 1.